The van der Waals surface area contributed by atoms with Crippen molar-refractivity contribution in [2.75, 3.05) is 105 Å². The molecule has 1 amide bonds. The molecule has 0 unspecified atom stereocenters. The summed E-state index contributed by atoms with van der Waals surface area (Å²) in [6.07, 6.45) is 0. The van der Waals surface area contributed by atoms with E-state index in [0.29, 0.717) is 104 Å². The molecular weight excluding hydrogens is 458 g/mol. The largest absolute Gasteiger partial charge is 0.490 e. The van der Waals surface area contributed by atoms with Gasteiger partial charge in [0.25, 0.3) is 5.91 Å². The summed E-state index contributed by atoms with van der Waals surface area (Å²) in [7, 11) is 0. The van der Waals surface area contributed by atoms with Crippen LogP contribution < -0.4 is 10.1 Å². The van der Waals surface area contributed by atoms with Gasteiger partial charge >= 0.3 is 0 Å². The predicted octanol–water partition coefficient (Wildman–Crippen LogP) is 1.50. The van der Waals surface area contributed by atoms with E-state index in [2.05, 4.69) is 15.3 Å². The van der Waals surface area contributed by atoms with Gasteiger partial charge in [-0.05, 0) is 17.7 Å². The SMILES string of the molecule is [N-]=[N+]=NCCOCCOCCOCCOCCOCCOc1ccccc1C(=O)N1CCNCC1. The highest BCUT2D eigenvalue weighted by Crippen LogP contribution is 2.20. The molecule has 1 aromatic carbocycles. The molecule has 0 atom stereocenters. The van der Waals surface area contributed by atoms with Crippen molar-refractivity contribution in [2.24, 2.45) is 5.11 Å². The highest BCUT2D eigenvalue weighted by molar-refractivity contribution is 5.97. The second-order valence-corrected chi connectivity index (χ2v) is 7.40. The molecule has 0 bridgehead atoms. The molecule has 35 heavy (non-hydrogen) atoms. The first-order valence-electron chi connectivity index (χ1n) is 11.9. The lowest BCUT2D eigenvalue weighted by Gasteiger charge is -2.28. The molecule has 0 saturated carbocycles. The zero-order chi connectivity index (χ0) is 24.8. The molecular formula is C23H37N5O7. The summed E-state index contributed by atoms with van der Waals surface area (Å²) in [6.45, 7) is 8.25. The molecule has 12 nitrogen and oxygen atoms in total. The molecule has 2 rings (SSSR count). The minimum Gasteiger partial charge on any atom is -0.490 e. The van der Waals surface area contributed by atoms with Crippen LogP contribution in [0.4, 0.5) is 0 Å². The Morgan fingerprint density at radius 1 is 0.829 bits per heavy atom. The van der Waals surface area contributed by atoms with E-state index in [4.69, 9.17) is 34.0 Å². The van der Waals surface area contributed by atoms with Gasteiger partial charge in [-0.15, -0.1) is 0 Å². The number of carbonyl (C=O) groups is 1. The molecule has 1 fully saturated rings. The van der Waals surface area contributed by atoms with Crippen molar-refractivity contribution in [3.63, 3.8) is 0 Å². The fourth-order valence-electron chi connectivity index (χ4n) is 3.15. The predicted molar refractivity (Wildman–Crippen MR) is 129 cm³/mol. The molecule has 1 aliphatic heterocycles. The van der Waals surface area contributed by atoms with E-state index in [1.807, 2.05) is 23.1 Å². The number of carbonyl (C=O) groups excluding carboxylic acids is 1. The highest BCUT2D eigenvalue weighted by atomic mass is 16.6. The van der Waals surface area contributed by atoms with Gasteiger partial charge < -0.3 is 38.6 Å². The van der Waals surface area contributed by atoms with Gasteiger partial charge in [0.05, 0.1) is 71.6 Å². The molecule has 0 spiro atoms. The van der Waals surface area contributed by atoms with Crippen molar-refractivity contribution in [3.8, 4) is 5.75 Å². The Balaban J connectivity index is 1.39. The molecule has 196 valence electrons. The van der Waals surface area contributed by atoms with Crippen LogP contribution in [0.5, 0.6) is 5.75 Å². The van der Waals surface area contributed by atoms with Crippen molar-refractivity contribution < 1.29 is 33.2 Å². The summed E-state index contributed by atoms with van der Waals surface area (Å²) >= 11 is 0. The second-order valence-electron chi connectivity index (χ2n) is 7.40. The third-order valence-corrected chi connectivity index (χ3v) is 4.89. The van der Waals surface area contributed by atoms with Gasteiger partial charge in [0.2, 0.25) is 0 Å². The van der Waals surface area contributed by atoms with E-state index in [0.717, 1.165) is 13.1 Å². The number of hydrogen-bond donors (Lipinski definition) is 1. The van der Waals surface area contributed by atoms with Crippen molar-refractivity contribution in [2.45, 2.75) is 0 Å². The van der Waals surface area contributed by atoms with Crippen molar-refractivity contribution in [1.29, 1.82) is 0 Å². The van der Waals surface area contributed by atoms with Gasteiger partial charge in [-0.1, -0.05) is 17.2 Å². The number of amides is 1. The van der Waals surface area contributed by atoms with Crippen LogP contribution in [0.2, 0.25) is 0 Å². The monoisotopic (exact) mass is 495 g/mol. The maximum atomic E-state index is 12.8. The van der Waals surface area contributed by atoms with Crippen LogP contribution in [0.15, 0.2) is 29.4 Å². The van der Waals surface area contributed by atoms with Crippen LogP contribution in [0.1, 0.15) is 10.4 Å². The number of para-hydroxylation sites is 1. The van der Waals surface area contributed by atoms with Crippen LogP contribution >= 0.6 is 0 Å². The maximum Gasteiger partial charge on any atom is 0.257 e. The van der Waals surface area contributed by atoms with Crippen LogP contribution in [-0.4, -0.2) is 116 Å². The lowest BCUT2D eigenvalue weighted by Crippen LogP contribution is -2.46. The summed E-state index contributed by atoms with van der Waals surface area (Å²) in [5.74, 6) is 0.577. The Morgan fingerprint density at radius 3 is 1.91 bits per heavy atom. The average molecular weight is 496 g/mol. The number of piperazine rings is 1. The van der Waals surface area contributed by atoms with Crippen LogP contribution in [0.25, 0.3) is 10.4 Å². The highest BCUT2D eigenvalue weighted by Gasteiger charge is 2.20. The number of nitrogens with one attached hydrogen (secondary N) is 1. The topological polar surface area (TPSA) is 136 Å². The fraction of sp³-hybridized carbons (Fsp3) is 0.696. The number of nitrogens with zero attached hydrogens (tertiary/aromatic N) is 4. The van der Waals surface area contributed by atoms with E-state index < -0.39 is 0 Å². The van der Waals surface area contributed by atoms with Crippen LogP contribution in [-0.2, 0) is 23.7 Å². The van der Waals surface area contributed by atoms with Crippen molar-refractivity contribution in [3.05, 3.63) is 40.3 Å². The summed E-state index contributed by atoms with van der Waals surface area (Å²) in [6, 6.07) is 7.32. The molecule has 1 aromatic rings. The number of rotatable bonds is 20. The number of hydrogen-bond acceptors (Lipinski definition) is 9. The lowest BCUT2D eigenvalue weighted by molar-refractivity contribution is -0.0122. The number of azide groups is 1. The molecule has 1 N–H and O–H groups in total. The molecule has 1 aliphatic rings. The van der Waals surface area contributed by atoms with Gasteiger partial charge in [0, 0.05) is 37.6 Å². The Bertz CT molecular complexity index is 743. The first-order valence-corrected chi connectivity index (χ1v) is 11.9. The first kappa shape index (κ1) is 28.8. The van der Waals surface area contributed by atoms with E-state index in [9.17, 15) is 4.79 Å². The minimum atomic E-state index is -0.00175. The third kappa shape index (κ3) is 13.3. The quantitative estimate of drug-likeness (QED) is 0.124. The van der Waals surface area contributed by atoms with Gasteiger partial charge in [-0.2, -0.15) is 0 Å². The summed E-state index contributed by atoms with van der Waals surface area (Å²) in [5, 5.41) is 6.62. The third-order valence-electron chi connectivity index (χ3n) is 4.89. The van der Waals surface area contributed by atoms with Gasteiger partial charge in [0.15, 0.2) is 0 Å². The van der Waals surface area contributed by atoms with E-state index >= 15 is 0 Å². The number of ether oxygens (including phenoxy) is 6. The van der Waals surface area contributed by atoms with Crippen molar-refractivity contribution in [1.82, 2.24) is 10.2 Å². The summed E-state index contributed by atoms with van der Waals surface area (Å²) in [5.41, 5.74) is 8.71. The molecule has 1 heterocycles. The van der Waals surface area contributed by atoms with E-state index in [-0.39, 0.29) is 5.91 Å². The summed E-state index contributed by atoms with van der Waals surface area (Å²) < 4.78 is 32.8. The zero-order valence-corrected chi connectivity index (χ0v) is 20.3. The Labute approximate surface area is 206 Å². The first-order chi connectivity index (χ1) is 17.3. The fourth-order valence-corrected chi connectivity index (χ4v) is 3.15. The smallest absolute Gasteiger partial charge is 0.257 e. The molecule has 0 aromatic heterocycles. The lowest BCUT2D eigenvalue weighted by atomic mass is 10.1. The van der Waals surface area contributed by atoms with Gasteiger partial charge in [0.1, 0.15) is 12.4 Å². The molecule has 12 heteroatoms. The van der Waals surface area contributed by atoms with Crippen molar-refractivity contribution >= 4 is 5.91 Å². The molecule has 1 saturated heterocycles. The normalized spacial score (nSPS) is 13.4. The molecule has 0 aliphatic carbocycles. The minimum absolute atomic E-state index is 0.00175. The average Bonchev–Trinajstić information content (AvgIpc) is 2.90. The zero-order valence-electron chi connectivity index (χ0n) is 20.3. The number of benzene rings is 1. The Morgan fingerprint density at radius 2 is 1.34 bits per heavy atom. The second kappa shape index (κ2) is 19.8. The van der Waals surface area contributed by atoms with Gasteiger partial charge in [-0.3, -0.25) is 4.79 Å². The molecule has 0 radical (unpaired) electrons. The Kier molecular flexibility index (Phi) is 16.3. The van der Waals surface area contributed by atoms with Crippen LogP contribution in [0, 0.1) is 0 Å². The Hall–Kier alpha value is -2.44. The summed E-state index contributed by atoms with van der Waals surface area (Å²) in [4.78, 5) is 17.2. The standard InChI is InChI=1S/C23H37N5O7/c24-27-26-7-10-30-11-12-31-13-14-32-15-16-33-17-18-34-19-20-35-22-4-2-1-3-21(22)23(29)28-8-5-25-6-9-28/h1-4,25H,5-20H2. The maximum absolute atomic E-state index is 12.8. The van der Waals surface area contributed by atoms with Gasteiger partial charge in [-0.25, -0.2) is 0 Å². The van der Waals surface area contributed by atoms with E-state index in [1.165, 1.54) is 0 Å². The van der Waals surface area contributed by atoms with E-state index in [1.54, 1.807) is 6.07 Å². The van der Waals surface area contributed by atoms with Crippen LogP contribution in [0.3, 0.4) is 0 Å².